The number of rotatable bonds is 1. The number of allylic oxidation sites excluding steroid dienone is 3. The molecule has 27 heavy (non-hydrogen) atoms. The average Bonchev–Trinajstić information content (AvgIpc) is 3.16. The van der Waals surface area contributed by atoms with Crippen molar-refractivity contribution in [1.82, 2.24) is 0 Å². The molecule has 0 fully saturated rings. The number of hydrogen-bond donors (Lipinski definition) is 1. The van der Waals surface area contributed by atoms with Gasteiger partial charge in [-0.25, -0.2) is 0 Å². The molecule has 0 radical (unpaired) electrons. The summed E-state index contributed by atoms with van der Waals surface area (Å²) in [5, 5.41) is 11.4. The highest BCUT2D eigenvalue weighted by Gasteiger charge is 2.47. The summed E-state index contributed by atoms with van der Waals surface area (Å²) in [5.74, 6) is 0. The fourth-order valence-corrected chi connectivity index (χ4v) is 3.79. The van der Waals surface area contributed by atoms with E-state index in [9.17, 15) is 31.4 Å². The average molecular weight is 382 g/mol. The minimum Gasteiger partial charge on any atom is -0.376 e. The Morgan fingerprint density at radius 1 is 0.852 bits per heavy atom. The summed E-state index contributed by atoms with van der Waals surface area (Å²) >= 11 is 0. The van der Waals surface area contributed by atoms with Gasteiger partial charge in [-0.05, 0) is 46.9 Å². The lowest BCUT2D eigenvalue weighted by Crippen LogP contribution is -2.29. The molecule has 1 nitrogen and oxygen atoms in total. The molecule has 2 aromatic rings. The van der Waals surface area contributed by atoms with Crippen LogP contribution in [0.15, 0.2) is 60.2 Å². The molecule has 1 N–H and O–H groups in total. The van der Waals surface area contributed by atoms with Crippen molar-refractivity contribution >= 4 is 5.57 Å². The molecule has 1 atom stereocenters. The van der Waals surface area contributed by atoms with E-state index >= 15 is 0 Å². The van der Waals surface area contributed by atoms with E-state index in [0.717, 1.165) is 0 Å². The fraction of sp³-hybridized carbons (Fsp3) is 0.200. The van der Waals surface area contributed by atoms with E-state index in [0.29, 0.717) is 28.8 Å². The van der Waals surface area contributed by atoms with E-state index in [1.54, 1.807) is 30.4 Å². The number of fused-ring (bicyclic) bond motifs is 2. The predicted molar refractivity (Wildman–Crippen MR) is 86.6 cm³/mol. The van der Waals surface area contributed by atoms with Crippen LogP contribution in [0.5, 0.6) is 0 Å². The number of alkyl halides is 6. The molecule has 0 amide bonds. The minimum absolute atomic E-state index is 0.0654. The Balaban J connectivity index is 2.01. The molecule has 0 saturated heterocycles. The quantitative estimate of drug-likeness (QED) is 0.629. The van der Waals surface area contributed by atoms with Crippen LogP contribution in [0, 0.1) is 0 Å². The van der Waals surface area contributed by atoms with Crippen molar-refractivity contribution in [2.75, 3.05) is 0 Å². The summed E-state index contributed by atoms with van der Waals surface area (Å²) < 4.78 is 79.4. The molecule has 2 aliphatic carbocycles. The Labute approximate surface area is 150 Å². The zero-order valence-corrected chi connectivity index (χ0v) is 13.6. The Morgan fingerprint density at radius 3 is 2.04 bits per heavy atom. The first-order valence-corrected chi connectivity index (χ1v) is 8.05. The van der Waals surface area contributed by atoms with Gasteiger partial charge in [0.05, 0.1) is 11.1 Å². The molecule has 2 aliphatic rings. The maximum Gasteiger partial charge on any atom is 0.416 e. The molecule has 0 bridgehead atoms. The van der Waals surface area contributed by atoms with Crippen LogP contribution in [0.2, 0.25) is 0 Å². The van der Waals surface area contributed by atoms with Crippen molar-refractivity contribution in [2.24, 2.45) is 0 Å². The van der Waals surface area contributed by atoms with E-state index in [1.165, 1.54) is 6.07 Å². The van der Waals surface area contributed by atoms with Crippen LogP contribution in [0.4, 0.5) is 26.3 Å². The lowest BCUT2D eigenvalue weighted by Gasteiger charge is -2.29. The Bertz CT molecular complexity index is 964. The van der Waals surface area contributed by atoms with Crippen molar-refractivity contribution in [2.45, 2.75) is 24.4 Å². The third-order valence-electron chi connectivity index (χ3n) is 4.98. The summed E-state index contributed by atoms with van der Waals surface area (Å²) in [6.07, 6.45) is -6.25. The summed E-state index contributed by atoms with van der Waals surface area (Å²) in [6, 6.07) is 7.77. The van der Waals surface area contributed by atoms with E-state index in [1.807, 2.05) is 0 Å². The molecule has 4 rings (SSSR count). The summed E-state index contributed by atoms with van der Waals surface area (Å²) in [5.41, 5.74) is -3.46. The maximum atomic E-state index is 13.2. The standard InChI is InChI=1S/C20H12F6O/c21-19(22,23)12-8-11(9-13(10-12)20(24,25)26)18(27)16-6-2-1-4-14(16)15-5-3-7-17(15)18/h1-6,8-10,27H,7H2/t18-/m0/s1. The van der Waals surface area contributed by atoms with Crippen LogP contribution in [0.25, 0.3) is 5.57 Å². The van der Waals surface area contributed by atoms with Crippen LogP contribution in [0.1, 0.15) is 34.2 Å². The Morgan fingerprint density at radius 2 is 1.44 bits per heavy atom. The highest BCUT2D eigenvalue weighted by Crippen LogP contribution is 2.53. The second-order valence-corrected chi connectivity index (χ2v) is 6.55. The first-order chi connectivity index (χ1) is 12.5. The van der Waals surface area contributed by atoms with Crippen LogP contribution in [0.3, 0.4) is 0 Å². The molecule has 0 saturated carbocycles. The third kappa shape index (κ3) is 2.60. The molecule has 0 aliphatic heterocycles. The zero-order chi connectivity index (χ0) is 19.6. The fourth-order valence-electron chi connectivity index (χ4n) is 3.79. The van der Waals surface area contributed by atoms with Crippen molar-refractivity contribution in [3.63, 3.8) is 0 Å². The summed E-state index contributed by atoms with van der Waals surface area (Å²) in [6.45, 7) is 0. The van der Waals surface area contributed by atoms with Crippen molar-refractivity contribution in [3.8, 4) is 0 Å². The number of aliphatic hydroxyl groups is 1. The molecule has 2 aromatic carbocycles. The first kappa shape index (κ1) is 17.9. The van der Waals surface area contributed by atoms with Gasteiger partial charge >= 0.3 is 12.4 Å². The highest BCUT2D eigenvalue weighted by molar-refractivity contribution is 5.89. The molecule has 0 aromatic heterocycles. The third-order valence-corrected chi connectivity index (χ3v) is 4.98. The SMILES string of the molecule is O[C@]1(c2cc(C(F)(F)F)cc(C(F)(F)F)c2)C2=C(C=CC2)c2ccccc21. The molecule has 0 heterocycles. The highest BCUT2D eigenvalue weighted by atomic mass is 19.4. The van der Waals surface area contributed by atoms with Crippen LogP contribution in [-0.2, 0) is 18.0 Å². The molecule has 0 spiro atoms. The van der Waals surface area contributed by atoms with Gasteiger partial charge in [-0.15, -0.1) is 0 Å². The van der Waals surface area contributed by atoms with Crippen molar-refractivity contribution in [3.05, 3.63) is 88.0 Å². The summed E-state index contributed by atoms with van der Waals surface area (Å²) in [4.78, 5) is 0. The second kappa shape index (κ2) is 5.48. The largest absolute Gasteiger partial charge is 0.416 e. The van der Waals surface area contributed by atoms with Gasteiger partial charge in [0.2, 0.25) is 0 Å². The molecular weight excluding hydrogens is 370 g/mol. The normalized spacial score (nSPS) is 21.6. The smallest absolute Gasteiger partial charge is 0.376 e. The van der Waals surface area contributed by atoms with Crippen molar-refractivity contribution in [1.29, 1.82) is 0 Å². The van der Waals surface area contributed by atoms with Gasteiger partial charge in [-0.3, -0.25) is 0 Å². The molecule has 0 unspecified atom stereocenters. The monoisotopic (exact) mass is 382 g/mol. The van der Waals surface area contributed by atoms with Crippen molar-refractivity contribution < 1.29 is 31.4 Å². The lowest BCUT2D eigenvalue weighted by molar-refractivity contribution is -0.143. The predicted octanol–water partition coefficient (Wildman–Crippen LogP) is 5.69. The van der Waals surface area contributed by atoms with E-state index in [-0.39, 0.29) is 18.1 Å². The molecular formula is C20H12F6O. The minimum atomic E-state index is -4.98. The van der Waals surface area contributed by atoms with Gasteiger partial charge in [-0.2, -0.15) is 26.3 Å². The van der Waals surface area contributed by atoms with Crippen LogP contribution >= 0.6 is 0 Å². The first-order valence-electron chi connectivity index (χ1n) is 8.05. The van der Waals surface area contributed by atoms with Gasteiger partial charge in [-0.1, -0.05) is 36.4 Å². The van der Waals surface area contributed by atoms with Gasteiger partial charge < -0.3 is 5.11 Å². The van der Waals surface area contributed by atoms with Crippen LogP contribution < -0.4 is 0 Å². The van der Waals surface area contributed by atoms with E-state index in [2.05, 4.69) is 0 Å². The molecule has 7 heteroatoms. The topological polar surface area (TPSA) is 20.2 Å². The van der Waals surface area contributed by atoms with Gasteiger partial charge in [0.25, 0.3) is 0 Å². The second-order valence-electron chi connectivity index (χ2n) is 6.55. The van der Waals surface area contributed by atoms with E-state index in [4.69, 9.17) is 0 Å². The number of hydrogen-bond acceptors (Lipinski definition) is 1. The Kier molecular flexibility index (Phi) is 3.63. The van der Waals surface area contributed by atoms with Gasteiger partial charge in [0.1, 0.15) is 5.60 Å². The molecule has 140 valence electrons. The lowest BCUT2D eigenvalue weighted by atomic mass is 9.81. The maximum absolute atomic E-state index is 13.2. The van der Waals surface area contributed by atoms with Crippen LogP contribution in [-0.4, -0.2) is 5.11 Å². The summed E-state index contributed by atoms with van der Waals surface area (Å²) in [7, 11) is 0. The number of halogens is 6. The van der Waals surface area contributed by atoms with Gasteiger partial charge in [0.15, 0.2) is 0 Å². The van der Waals surface area contributed by atoms with E-state index < -0.39 is 34.6 Å². The van der Waals surface area contributed by atoms with Gasteiger partial charge in [0, 0.05) is 5.56 Å². The Hall–Kier alpha value is -2.54. The number of benzene rings is 2. The zero-order valence-electron chi connectivity index (χ0n) is 13.6.